The minimum absolute atomic E-state index is 0.351. The Hall–Kier alpha value is -1.08. The molecule has 0 aliphatic heterocycles. The van der Waals surface area contributed by atoms with Gasteiger partial charge in [-0.2, -0.15) is 0 Å². The van der Waals surface area contributed by atoms with Crippen molar-refractivity contribution >= 4 is 6.08 Å². The molecule has 13 heavy (non-hydrogen) atoms. The van der Waals surface area contributed by atoms with Gasteiger partial charge >= 0.3 is 0 Å². The van der Waals surface area contributed by atoms with Crippen molar-refractivity contribution in [3.05, 3.63) is 41.0 Å². The minimum Gasteiger partial charge on any atom is -0.389 e. The van der Waals surface area contributed by atoms with Gasteiger partial charge in [0, 0.05) is 0 Å². The number of rotatable bonds is 1. The highest BCUT2D eigenvalue weighted by Crippen LogP contribution is 2.23. The van der Waals surface area contributed by atoms with E-state index in [0.717, 1.165) is 18.4 Å². The second-order valence-corrected chi connectivity index (χ2v) is 3.58. The van der Waals surface area contributed by atoms with Gasteiger partial charge in [-0.1, -0.05) is 30.4 Å². The van der Waals surface area contributed by atoms with Crippen molar-refractivity contribution in [2.75, 3.05) is 0 Å². The Bertz CT molecular complexity index is 337. The van der Waals surface area contributed by atoms with Crippen molar-refractivity contribution in [3.8, 4) is 0 Å². The third-order valence-electron chi connectivity index (χ3n) is 2.53. The molecule has 1 heteroatoms. The molecule has 1 unspecified atom stereocenters. The summed E-state index contributed by atoms with van der Waals surface area (Å²) in [7, 11) is 0. The topological polar surface area (TPSA) is 20.2 Å². The van der Waals surface area contributed by atoms with E-state index in [-0.39, 0.29) is 6.10 Å². The van der Waals surface area contributed by atoms with Crippen molar-refractivity contribution in [1.82, 2.24) is 0 Å². The summed E-state index contributed by atoms with van der Waals surface area (Å²) >= 11 is 0. The van der Waals surface area contributed by atoms with Crippen LogP contribution in [-0.2, 0) is 6.42 Å². The van der Waals surface area contributed by atoms with E-state index in [0.29, 0.717) is 0 Å². The van der Waals surface area contributed by atoms with Crippen LogP contribution >= 0.6 is 0 Å². The molecule has 0 saturated carbocycles. The van der Waals surface area contributed by atoms with Gasteiger partial charge in [-0.05, 0) is 36.5 Å². The molecule has 1 nitrogen and oxygen atoms in total. The molecule has 0 saturated heterocycles. The standard InChI is InChI=1S/C12H14O/c1-9(13)11-7-6-10-4-2-3-5-12(10)8-11/h2,4,6-9,13H,3,5H2,1H3. The maximum Gasteiger partial charge on any atom is 0.0762 e. The van der Waals surface area contributed by atoms with E-state index in [2.05, 4.69) is 24.3 Å². The number of fused-ring (bicyclic) bond motifs is 1. The molecule has 0 radical (unpaired) electrons. The smallest absolute Gasteiger partial charge is 0.0762 e. The third kappa shape index (κ3) is 1.65. The van der Waals surface area contributed by atoms with Crippen LogP contribution in [0.15, 0.2) is 24.3 Å². The first-order valence-corrected chi connectivity index (χ1v) is 4.75. The lowest BCUT2D eigenvalue weighted by Crippen LogP contribution is -1.98. The SMILES string of the molecule is CC(O)c1ccc2c(c1)CCC=C2. The van der Waals surface area contributed by atoms with Crippen LogP contribution in [0.4, 0.5) is 0 Å². The first kappa shape index (κ1) is 8.52. The lowest BCUT2D eigenvalue weighted by molar-refractivity contribution is 0.199. The van der Waals surface area contributed by atoms with Crippen LogP contribution in [0.5, 0.6) is 0 Å². The molecule has 2 rings (SSSR count). The Morgan fingerprint density at radius 1 is 1.38 bits per heavy atom. The lowest BCUT2D eigenvalue weighted by atomic mass is 9.94. The second-order valence-electron chi connectivity index (χ2n) is 3.58. The van der Waals surface area contributed by atoms with Crippen LogP contribution in [0.2, 0.25) is 0 Å². The average molecular weight is 174 g/mol. The van der Waals surface area contributed by atoms with E-state index in [1.54, 1.807) is 6.92 Å². The predicted octanol–water partition coefficient (Wildman–Crippen LogP) is 2.70. The summed E-state index contributed by atoms with van der Waals surface area (Å²) in [6.07, 6.45) is 6.23. The molecule has 1 aliphatic carbocycles. The number of aliphatic hydroxyl groups is 1. The number of hydrogen-bond donors (Lipinski definition) is 1. The quantitative estimate of drug-likeness (QED) is 0.694. The van der Waals surface area contributed by atoms with Crippen molar-refractivity contribution in [2.45, 2.75) is 25.9 Å². The Morgan fingerprint density at radius 3 is 3.00 bits per heavy atom. The van der Waals surface area contributed by atoms with Gasteiger partial charge in [0.1, 0.15) is 0 Å². The Balaban J connectivity index is 2.42. The molecule has 1 N–H and O–H groups in total. The van der Waals surface area contributed by atoms with Gasteiger partial charge in [0.15, 0.2) is 0 Å². The number of hydrogen-bond acceptors (Lipinski definition) is 1. The summed E-state index contributed by atoms with van der Waals surface area (Å²) < 4.78 is 0. The van der Waals surface area contributed by atoms with E-state index >= 15 is 0 Å². The second kappa shape index (κ2) is 3.35. The summed E-state index contributed by atoms with van der Waals surface area (Å²) in [4.78, 5) is 0. The summed E-state index contributed by atoms with van der Waals surface area (Å²) in [5.41, 5.74) is 3.69. The first-order chi connectivity index (χ1) is 6.27. The molecule has 68 valence electrons. The van der Waals surface area contributed by atoms with Crippen molar-refractivity contribution in [3.63, 3.8) is 0 Å². The van der Waals surface area contributed by atoms with Crippen LogP contribution < -0.4 is 0 Å². The summed E-state index contributed by atoms with van der Waals surface area (Å²) in [5, 5.41) is 9.41. The molecule has 1 aromatic rings. The van der Waals surface area contributed by atoms with Crippen molar-refractivity contribution in [1.29, 1.82) is 0 Å². The molecule has 0 amide bonds. The van der Waals surface area contributed by atoms with Crippen LogP contribution in [0, 0.1) is 0 Å². The largest absolute Gasteiger partial charge is 0.389 e. The zero-order valence-corrected chi connectivity index (χ0v) is 7.83. The number of aryl methyl sites for hydroxylation is 1. The van der Waals surface area contributed by atoms with E-state index in [1.807, 2.05) is 6.07 Å². The maximum atomic E-state index is 9.41. The van der Waals surface area contributed by atoms with Gasteiger partial charge in [0.2, 0.25) is 0 Å². The van der Waals surface area contributed by atoms with Crippen LogP contribution in [0.3, 0.4) is 0 Å². The van der Waals surface area contributed by atoms with Gasteiger partial charge in [-0.25, -0.2) is 0 Å². The Kier molecular flexibility index (Phi) is 2.19. The fourth-order valence-electron chi connectivity index (χ4n) is 1.71. The van der Waals surface area contributed by atoms with Gasteiger partial charge in [0.25, 0.3) is 0 Å². The zero-order chi connectivity index (χ0) is 9.26. The number of benzene rings is 1. The monoisotopic (exact) mass is 174 g/mol. The molecule has 1 atom stereocenters. The first-order valence-electron chi connectivity index (χ1n) is 4.75. The maximum absolute atomic E-state index is 9.41. The molecule has 0 heterocycles. The van der Waals surface area contributed by atoms with Gasteiger partial charge in [-0.15, -0.1) is 0 Å². The van der Waals surface area contributed by atoms with Crippen LogP contribution in [0.25, 0.3) is 6.08 Å². The molecule has 0 spiro atoms. The normalized spacial score (nSPS) is 16.8. The molecule has 1 aromatic carbocycles. The third-order valence-corrected chi connectivity index (χ3v) is 2.53. The van der Waals surface area contributed by atoms with Crippen LogP contribution in [-0.4, -0.2) is 5.11 Å². The van der Waals surface area contributed by atoms with Crippen molar-refractivity contribution < 1.29 is 5.11 Å². The Labute approximate surface area is 78.7 Å². The highest BCUT2D eigenvalue weighted by Gasteiger charge is 2.07. The zero-order valence-electron chi connectivity index (χ0n) is 7.83. The molecular formula is C12H14O. The van der Waals surface area contributed by atoms with Gasteiger partial charge in [0.05, 0.1) is 6.10 Å². The van der Waals surface area contributed by atoms with Gasteiger partial charge in [-0.3, -0.25) is 0 Å². The molecule has 0 fully saturated rings. The summed E-state index contributed by atoms with van der Waals surface area (Å²) in [5.74, 6) is 0. The summed E-state index contributed by atoms with van der Waals surface area (Å²) in [6, 6.07) is 6.20. The molecule has 0 bridgehead atoms. The number of aliphatic hydroxyl groups excluding tert-OH is 1. The number of allylic oxidation sites excluding steroid dienone is 1. The van der Waals surface area contributed by atoms with E-state index < -0.39 is 0 Å². The molecule has 1 aliphatic rings. The predicted molar refractivity (Wildman–Crippen MR) is 54.4 cm³/mol. The minimum atomic E-state index is -0.351. The lowest BCUT2D eigenvalue weighted by Gasteiger charge is -2.13. The average Bonchev–Trinajstić information content (AvgIpc) is 2.17. The van der Waals surface area contributed by atoms with Crippen LogP contribution in [0.1, 0.15) is 36.1 Å². The highest BCUT2D eigenvalue weighted by atomic mass is 16.3. The van der Waals surface area contributed by atoms with Gasteiger partial charge < -0.3 is 5.11 Å². The summed E-state index contributed by atoms with van der Waals surface area (Å²) in [6.45, 7) is 1.81. The molecule has 0 aromatic heterocycles. The fourth-order valence-corrected chi connectivity index (χ4v) is 1.71. The Morgan fingerprint density at radius 2 is 2.23 bits per heavy atom. The highest BCUT2D eigenvalue weighted by molar-refractivity contribution is 5.57. The molecular weight excluding hydrogens is 160 g/mol. The fraction of sp³-hybridized carbons (Fsp3) is 0.333. The van der Waals surface area contributed by atoms with E-state index in [1.165, 1.54) is 11.1 Å². The van der Waals surface area contributed by atoms with E-state index in [9.17, 15) is 5.11 Å². The van der Waals surface area contributed by atoms with Crippen molar-refractivity contribution in [2.24, 2.45) is 0 Å². The van der Waals surface area contributed by atoms with E-state index in [4.69, 9.17) is 0 Å².